The first kappa shape index (κ1) is 20.6. The van der Waals surface area contributed by atoms with Gasteiger partial charge in [-0.25, -0.2) is 12.7 Å². The van der Waals surface area contributed by atoms with Crippen molar-refractivity contribution in [3.05, 3.63) is 18.2 Å². The zero-order valence-corrected chi connectivity index (χ0v) is 14.8. The number of ether oxygens (including phenoxy) is 2. The Balaban J connectivity index is 0.000000970. The zero-order chi connectivity index (χ0) is 18.9. The van der Waals surface area contributed by atoms with Crippen LogP contribution in [0.5, 0.6) is 5.88 Å². The molecule has 10 nitrogen and oxygen atoms in total. The van der Waals surface area contributed by atoms with Crippen LogP contribution in [0.2, 0.25) is 0 Å². The summed E-state index contributed by atoms with van der Waals surface area (Å²) in [6, 6.07) is 4.75. The van der Waals surface area contributed by atoms with E-state index in [1.807, 2.05) is 0 Å². The predicted molar refractivity (Wildman–Crippen MR) is 89.1 cm³/mol. The number of carbonyl (C=O) groups is 2. The van der Waals surface area contributed by atoms with Crippen molar-refractivity contribution in [1.82, 2.24) is 9.88 Å². The largest absolute Gasteiger partial charge is 0.483 e. The molecule has 1 fully saturated rings. The molecule has 1 saturated heterocycles. The van der Waals surface area contributed by atoms with E-state index in [-0.39, 0.29) is 30.6 Å². The summed E-state index contributed by atoms with van der Waals surface area (Å²) in [7, 11) is -2.20. The highest BCUT2D eigenvalue weighted by atomic mass is 32.2. The molecule has 0 aliphatic carbocycles. The first-order chi connectivity index (χ1) is 11.8. The highest BCUT2D eigenvalue weighted by Gasteiger charge is 2.26. The summed E-state index contributed by atoms with van der Waals surface area (Å²) in [5.41, 5.74) is 0. The van der Waals surface area contributed by atoms with Crippen molar-refractivity contribution in [2.45, 2.75) is 0 Å². The molecule has 0 radical (unpaired) electrons. The monoisotopic (exact) mass is 375 g/mol. The van der Waals surface area contributed by atoms with Gasteiger partial charge in [-0.2, -0.15) is 4.98 Å². The number of aromatic nitrogens is 1. The van der Waals surface area contributed by atoms with Gasteiger partial charge in [0, 0.05) is 19.2 Å². The molecule has 1 aromatic heterocycles. The minimum Gasteiger partial charge on any atom is -0.483 e. The van der Waals surface area contributed by atoms with Gasteiger partial charge in [0.25, 0.3) is 6.47 Å². The van der Waals surface area contributed by atoms with Crippen molar-refractivity contribution in [3.8, 4) is 5.88 Å². The Hall–Kier alpha value is -2.40. The van der Waals surface area contributed by atoms with Crippen molar-refractivity contribution in [2.24, 2.45) is 0 Å². The number of morpholine rings is 1. The molecule has 2 rings (SSSR count). The minimum absolute atomic E-state index is 0.156. The molecule has 1 aliphatic rings. The number of hydrogen-bond acceptors (Lipinski definition) is 7. The Morgan fingerprint density at radius 1 is 1.44 bits per heavy atom. The fourth-order valence-corrected chi connectivity index (χ4v) is 2.85. The quantitative estimate of drug-likeness (QED) is 0.677. The summed E-state index contributed by atoms with van der Waals surface area (Å²) in [6.45, 7) is 1.30. The number of rotatable bonds is 5. The summed E-state index contributed by atoms with van der Waals surface area (Å²) in [5.74, 6) is 0.159. The molecule has 0 atom stereocenters. The Morgan fingerprint density at radius 3 is 2.56 bits per heavy atom. The van der Waals surface area contributed by atoms with Crippen LogP contribution in [0.15, 0.2) is 18.2 Å². The van der Waals surface area contributed by atoms with E-state index in [0.29, 0.717) is 26.3 Å². The lowest BCUT2D eigenvalue weighted by Gasteiger charge is -2.29. The van der Waals surface area contributed by atoms with Crippen LogP contribution in [0.4, 0.5) is 5.82 Å². The van der Waals surface area contributed by atoms with Crippen LogP contribution in [0, 0.1) is 0 Å². The number of methoxy groups -OCH3 is 1. The SMILES string of the molecule is COc1cccc(N(CC(=O)N2CCOCC2)S(C)(=O)=O)n1.O=CO. The molecule has 1 aromatic rings. The number of hydrogen-bond donors (Lipinski definition) is 1. The maximum absolute atomic E-state index is 12.3. The Bertz CT molecular complexity index is 675. The van der Waals surface area contributed by atoms with Crippen molar-refractivity contribution in [3.63, 3.8) is 0 Å². The average Bonchev–Trinajstić information content (AvgIpc) is 2.60. The van der Waals surface area contributed by atoms with E-state index in [1.165, 1.54) is 13.2 Å². The minimum atomic E-state index is -3.64. The lowest BCUT2D eigenvalue weighted by atomic mass is 10.4. The maximum Gasteiger partial charge on any atom is 0.290 e. The summed E-state index contributed by atoms with van der Waals surface area (Å²) in [5, 5.41) is 6.89. The van der Waals surface area contributed by atoms with E-state index in [2.05, 4.69) is 4.98 Å². The van der Waals surface area contributed by atoms with Crippen molar-refractivity contribution >= 4 is 28.2 Å². The molecular formula is C14H21N3O7S. The molecule has 0 saturated carbocycles. The van der Waals surface area contributed by atoms with Crippen LogP contribution < -0.4 is 9.04 Å². The molecule has 0 bridgehead atoms. The molecule has 0 aromatic carbocycles. The lowest BCUT2D eigenvalue weighted by Crippen LogP contribution is -2.47. The van der Waals surface area contributed by atoms with Crippen LogP contribution in [0.3, 0.4) is 0 Å². The van der Waals surface area contributed by atoms with Gasteiger partial charge in [-0.05, 0) is 6.07 Å². The van der Waals surface area contributed by atoms with Gasteiger partial charge in [-0.3, -0.25) is 9.59 Å². The van der Waals surface area contributed by atoms with Crippen molar-refractivity contribution in [1.29, 1.82) is 0 Å². The summed E-state index contributed by atoms with van der Waals surface area (Å²) < 4.78 is 35.2. The third-order valence-corrected chi connectivity index (χ3v) is 4.33. The van der Waals surface area contributed by atoms with Crippen LogP contribution in [0.25, 0.3) is 0 Å². The van der Waals surface area contributed by atoms with Gasteiger partial charge in [0.2, 0.25) is 21.8 Å². The average molecular weight is 375 g/mol. The highest BCUT2D eigenvalue weighted by molar-refractivity contribution is 7.92. The zero-order valence-electron chi connectivity index (χ0n) is 14.0. The summed E-state index contributed by atoms with van der Waals surface area (Å²) in [4.78, 5) is 26.3. The van der Waals surface area contributed by atoms with E-state index >= 15 is 0 Å². The highest BCUT2D eigenvalue weighted by Crippen LogP contribution is 2.18. The van der Waals surface area contributed by atoms with Crippen molar-refractivity contribution < 1.29 is 32.6 Å². The van der Waals surface area contributed by atoms with E-state index in [4.69, 9.17) is 19.4 Å². The fourth-order valence-electron chi connectivity index (χ4n) is 2.06. The molecular weight excluding hydrogens is 354 g/mol. The van der Waals surface area contributed by atoms with Gasteiger partial charge in [0.05, 0.1) is 26.6 Å². The molecule has 0 spiro atoms. The number of sulfonamides is 1. The smallest absolute Gasteiger partial charge is 0.290 e. The van der Waals surface area contributed by atoms with Gasteiger partial charge < -0.3 is 19.5 Å². The van der Waals surface area contributed by atoms with E-state index in [9.17, 15) is 13.2 Å². The normalized spacial score (nSPS) is 14.1. The second kappa shape index (κ2) is 9.79. The standard InChI is InChI=1S/C13H19N3O5S.CH2O2/c1-20-12-5-3-4-11(14-12)16(22(2,18)19)10-13(17)15-6-8-21-9-7-15;2-1-3/h3-5H,6-10H2,1-2H3;1H,(H,2,3). The molecule has 25 heavy (non-hydrogen) atoms. The van der Waals surface area contributed by atoms with E-state index < -0.39 is 10.0 Å². The van der Waals surface area contributed by atoms with Crippen LogP contribution in [0.1, 0.15) is 0 Å². The molecule has 1 amide bonds. The molecule has 11 heteroatoms. The van der Waals surface area contributed by atoms with Gasteiger partial charge in [0.1, 0.15) is 12.4 Å². The second-order valence-corrected chi connectivity index (χ2v) is 6.81. The first-order valence-corrected chi connectivity index (χ1v) is 9.10. The number of anilines is 1. The molecule has 1 N–H and O–H groups in total. The van der Waals surface area contributed by atoms with Crippen LogP contribution in [-0.2, 0) is 24.3 Å². The van der Waals surface area contributed by atoms with E-state index in [0.717, 1.165) is 10.6 Å². The summed E-state index contributed by atoms with van der Waals surface area (Å²) >= 11 is 0. The number of carbonyl (C=O) groups excluding carboxylic acids is 1. The third-order valence-electron chi connectivity index (χ3n) is 3.22. The maximum atomic E-state index is 12.3. The van der Waals surface area contributed by atoms with Crippen LogP contribution >= 0.6 is 0 Å². The summed E-state index contributed by atoms with van der Waals surface area (Å²) in [6.07, 6.45) is 1.04. The number of nitrogens with zero attached hydrogens (tertiary/aromatic N) is 3. The Kier molecular flexibility index (Phi) is 8.08. The van der Waals surface area contributed by atoms with E-state index in [1.54, 1.807) is 17.0 Å². The number of pyridine rings is 1. The van der Waals surface area contributed by atoms with Gasteiger partial charge in [0.15, 0.2) is 0 Å². The topological polar surface area (TPSA) is 126 Å². The fraction of sp³-hybridized carbons (Fsp3) is 0.500. The number of carboxylic acid groups (broad SMARTS) is 1. The first-order valence-electron chi connectivity index (χ1n) is 7.25. The third kappa shape index (κ3) is 6.55. The Morgan fingerprint density at radius 2 is 2.04 bits per heavy atom. The number of amides is 1. The lowest BCUT2D eigenvalue weighted by molar-refractivity contribution is -0.133. The van der Waals surface area contributed by atoms with Gasteiger partial charge in [-0.1, -0.05) is 6.07 Å². The van der Waals surface area contributed by atoms with Gasteiger partial charge in [-0.15, -0.1) is 0 Å². The van der Waals surface area contributed by atoms with Gasteiger partial charge >= 0.3 is 0 Å². The molecule has 0 unspecified atom stereocenters. The Labute approximate surface area is 146 Å². The van der Waals surface area contributed by atoms with Crippen molar-refractivity contribution in [2.75, 3.05) is 50.5 Å². The van der Waals surface area contributed by atoms with Crippen LogP contribution in [-0.4, -0.2) is 82.0 Å². The molecule has 1 aliphatic heterocycles. The molecule has 140 valence electrons. The second-order valence-electron chi connectivity index (χ2n) is 4.91. The molecule has 2 heterocycles. The predicted octanol–water partition coefficient (Wildman–Crippen LogP) is -0.584.